The number of anilines is 2. The molecular formula is C19H26N4. The van der Waals surface area contributed by atoms with Gasteiger partial charge < -0.3 is 10.2 Å². The molecule has 1 aliphatic heterocycles. The molecule has 1 aromatic carbocycles. The zero-order chi connectivity index (χ0) is 16.2. The van der Waals surface area contributed by atoms with Crippen LogP contribution in [0.2, 0.25) is 0 Å². The first-order valence-corrected chi connectivity index (χ1v) is 8.36. The molecule has 23 heavy (non-hydrogen) atoms. The fourth-order valence-corrected chi connectivity index (χ4v) is 3.08. The third-order valence-corrected chi connectivity index (χ3v) is 4.85. The zero-order valence-electron chi connectivity index (χ0n) is 14.2. The first-order valence-electron chi connectivity index (χ1n) is 8.36. The van der Waals surface area contributed by atoms with Gasteiger partial charge in [-0.3, -0.25) is 4.90 Å². The molecule has 1 saturated heterocycles. The predicted molar refractivity (Wildman–Crippen MR) is 96.1 cm³/mol. The van der Waals surface area contributed by atoms with Crippen molar-refractivity contribution in [2.45, 2.75) is 32.5 Å². The molecule has 0 amide bonds. The summed E-state index contributed by atoms with van der Waals surface area (Å²) in [7, 11) is 2.05. The molecule has 2 atom stereocenters. The van der Waals surface area contributed by atoms with Crippen molar-refractivity contribution < 1.29 is 0 Å². The normalized spacial score (nSPS) is 22.0. The van der Waals surface area contributed by atoms with Gasteiger partial charge in [0.1, 0.15) is 5.82 Å². The summed E-state index contributed by atoms with van der Waals surface area (Å²) in [5.41, 5.74) is 2.42. The number of pyridine rings is 1. The van der Waals surface area contributed by atoms with Crippen LogP contribution in [0.3, 0.4) is 0 Å². The number of benzene rings is 1. The molecule has 0 saturated carbocycles. The van der Waals surface area contributed by atoms with Crippen molar-refractivity contribution in [2.75, 3.05) is 25.0 Å². The highest BCUT2D eigenvalue weighted by Crippen LogP contribution is 2.21. The predicted octanol–water partition coefficient (Wildman–Crippen LogP) is 3.03. The van der Waals surface area contributed by atoms with Gasteiger partial charge in [0.2, 0.25) is 0 Å². The van der Waals surface area contributed by atoms with Gasteiger partial charge in [0.05, 0.1) is 0 Å². The second-order valence-electron chi connectivity index (χ2n) is 6.37. The SMILES string of the molecule is CC1NCCN(Cc2ccc(N(C)c3ccccc3)nc2)C1C. The van der Waals surface area contributed by atoms with Gasteiger partial charge in [-0.25, -0.2) is 4.98 Å². The van der Waals surface area contributed by atoms with Crippen molar-refractivity contribution in [1.82, 2.24) is 15.2 Å². The lowest BCUT2D eigenvalue weighted by Crippen LogP contribution is -2.54. The summed E-state index contributed by atoms with van der Waals surface area (Å²) in [4.78, 5) is 9.29. The molecule has 3 rings (SSSR count). The van der Waals surface area contributed by atoms with Crippen molar-refractivity contribution in [3.8, 4) is 0 Å². The van der Waals surface area contributed by atoms with E-state index in [-0.39, 0.29) is 0 Å². The van der Waals surface area contributed by atoms with Crippen LogP contribution in [0.4, 0.5) is 11.5 Å². The van der Waals surface area contributed by atoms with Gasteiger partial charge in [-0.2, -0.15) is 0 Å². The summed E-state index contributed by atoms with van der Waals surface area (Å²) in [6.45, 7) is 7.68. The summed E-state index contributed by atoms with van der Waals surface area (Å²) >= 11 is 0. The monoisotopic (exact) mass is 310 g/mol. The van der Waals surface area contributed by atoms with E-state index in [0.717, 1.165) is 31.1 Å². The molecule has 0 aliphatic carbocycles. The molecule has 1 fully saturated rings. The minimum atomic E-state index is 0.542. The van der Waals surface area contributed by atoms with E-state index in [0.29, 0.717) is 12.1 Å². The standard InChI is InChI=1S/C19H26N4/c1-15-16(2)23(12-11-20-15)14-17-9-10-19(21-13-17)22(3)18-7-5-4-6-8-18/h4-10,13,15-16,20H,11-12,14H2,1-3H3. The largest absolute Gasteiger partial charge is 0.329 e. The van der Waals surface area contributed by atoms with Crippen LogP contribution < -0.4 is 10.2 Å². The second kappa shape index (κ2) is 7.11. The van der Waals surface area contributed by atoms with E-state index >= 15 is 0 Å². The highest BCUT2D eigenvalue weighted by Gasteiger charge is 2.24. The van der Waals surface area contributed by atoms with Crippen LogP contribution in [-0.2, 0) is 6.54 Å². The fourth-order valence-electron chi connectivity index (χ4n) is 3.08. The number of nitrogens with one attached hydrogen (secondary N) is 1. The van der Waals surface area contributed by atoms with Gasteiger partial charge in [-0.05, 0) is 37.6 Å². The lowest BCUT2D eigenvalue weighted by atomic mass is 10.1. The molecule has 4 heteroatoms. The van der Waals surface area contributed by atoms with Gasteiger partial charge in [0.15, 0.2) is 0 Å². The van der Waals surface area contributed by atoms with Crippen molar-refractivity contribution in [2.24, 2.45) is 0 Å². The average Bonchev–Trinajstić information content (AvgIpc) is 2.60. The number of piperazine rings is 1. The molecule has 122 valence electrons. The van der Waals surface area contributed by atoms with E-state index in [2.05, 4.69) is 65.3 Å². The minimum Gasteiger partial charge on any atom is -0.329 e. The summed E-state index contributed by atoms with van der Waals surface area (Å²) in [5, 5.41) is 3.53. The second-order valence-corrected chi connectivity index (χ2v) is 6.37. The lowest BCUT2D eigenvalue weighted by molar-refractivity contribution is 0.130. The molecule has 1 aliphatic rings. The Morgan fingerprint density at radius 2 is 1.96 bits per heavy atom. The molecule has 1 aromatic heterocycles. The van der Waals surface area contributed by atoms with Crippen molar-refractivity contribution in [3.63, 3.8) is 0 Å². The maximum Gasteiger partial charge on any atom is 0.132 e. The summed E-state index contributed by atoms with van der Waals surface area (Å²) in [5.74, 6) is 0.974. The Bertz CT molecular complexity index is 611. The fraction of sp³-hybridized carbons (Fsp3) is 0.421. The van der Waals surface area contributed by atoms with Crippen LogP contribution in [0, 0.1) is 0 Å². The molecule has 2 heterocycles. The maximum atomic E-state index is 4.65. The first kappa shape index (κ1) is 16.0. The topological polar surface area (TPSA) is 31.4 Å². The van der Waals surface area contributed by atoms with Gasteiger partial charge in [0, 0.05) is 50.6 Å². The summed E-state index contributed by atoms with van der Waals surface area (Å²) in [6.07, 6.45) is 2.01. The summed E-state index contributed by atoms with van der Waals surface area (Å²) in [6, 6.07) is 15.7. The number of rotatable bonds is 4. The number of aromatic nitrogens is 1. The van der Waals surface area contributed by atoms with Crippen LogP contribution in [0.5, 0.6) is 0 Å². The lowest BCUT2D eigenvalue weighted by Gasteiger charge is -2.38. The van der Waals surface area contributed by atoms with E-state index in [9.17, 15) is 0 Å². The van der Waals surface area contributed by atoms with E-state index in [1.165, 1.54) is 5.56 Å². The number of nitrogens with zero attached hydrogens (tertiary/aromatic N) is 3. The average molecular weight is 310 g/mol. The number of para-hydroxylation sites is 1. The molecule has 4 nitrogen and oxygen atoms in total. The Hall–Kier alpha value is -1.91. The molecule has 1 N–H and O–H groups in total. The quantitative estimate of drug-likeness (QED) is 0.940. The van der Waals surface area contributed by atoms with E-state index < -0.39 is 0 Å². The smallest absolute Gasteiger partial charge is 0.132 e. The Morgan fingerprint density at radius 3 is 2.65 bits per heavy atom. The first-order chi connectivity index (χ1) is 11.1. The van der Waals surface area contributed by atoms with E-state index in [4.69, 9.17) is 0 Å². The third kappa shape index (κ3) is 3.71. The molecule has 2 unspecified atom stereocenters. The van der Waals surface area contributed by atoms with Crippen LogP contribution in [-0.4, -0.2) is 42.1 Å². The van der Waals surface area contributed by atoms with Gasteiger partial charge >= 0.3 is 0 Å². The molecular weight excluding hydrogens is 284 g/mol. The highest BCUT2D eigenvalue weighted by atomic mass is 15.2. The van der Waals surface area contributed by atoms with Crippen LogP contribution in [0.15, 0.2) is 48.7 Å². The van der Waals surface area contributed by atoms with E-state index in [1.807, 2.05) is 24.4 Å². The van der Waals surface area contributed by atoms with Gasteiger partial charge in [0.25, 0.3) is 0 Å². The highest BCUT2D eigenvalue weighted by molar-refractivity contribution is 5.58. The van der Waals surface area contributed by atoms with Crippen molar-refractivity contribution in [3.05, 3.63) is 54.2 Å². The van der Waals surface area contributed by atoms with Gasteiger partial charge in [-0.1, -0.05) is 24.3 Å². The minimum absolute atomic E-state index is 0.542. The van der Waals surface area contributed by atoms with Crippen molar-refractivity contribution in [1.29, 1.82) is 0 Å². The maximum absolute atomic E-state index is 4.65. The van der Waals surface area contributed by atoms with Gasteiger partial charge in [-0.15, -0.1) is 0 Å². The Morgan fingerprint density at radius 1 is 1.17 bits per heavy atom. The Balaban J connectivity index is 1.67. The van der Waals surface area contributed by atoms with E-state index in [1.54, 1.807) is 0 Å². The molecule has 0 radical (unpaired) electrons. The van der Waals surface area contributed by atoms with Crippen LogP contribution in [0.1, 0.15) is 19.4 Å². The molecule has 0 bridgehead atoms. The summed E-state index contributed by atoms with van der Waals surface area (Å²) < 4.78 is 0. The van der Waals surface area contributed by atoms with Crippen LogP contribution in [0.25, 0.3) is 0 Å². The Kier molecular flexibility index (Phi) is 4.94. The molecule has 2 aromatic rings. The van der Waals surface area contributed by atoms with Crippen molar-refractivity contribution >= 4 is 11.5 Å². The number of hydrogen-bond donors (Lipinski definition) is 1. The van der Waals surface area contributed by atoms with Crippen LogP contribution >= 0.6 is 0 Å². The third-order valence-electron chi connectivity index (χ3n) is 4.85. The Labute approximate surface area is 139 Å². The number of hydrogen-bond acceptors (Lipinski definition) is 4. The molecule has 0 spiro atoms. The zero-order valence-corrected chi connectivity index (χ0v) is 14.2.